The lowest BCUT2D eigenvalue weighted by molar-refractivity contribution is 0.0644. The van der Waals surface area contributed by atoms with Gasteiger partial charge in [0.1, 0.15) is 0 Å². The Labute approximate surface area is 193 Å². The molecule has 0 saturated carbocycles. The van der Waals surface area contributed by atoms with Crippen molar-refractivity contribution in [3.8, 4) is 10.6 Å². The number of nitrogens with one attached hydrogen (secondary N) is 1. The lowest BCUT2D eigenvalue weighted by atomic mass is 10.0. The summed E-state index contributed by atoms with van der Waals surface area (Å²) in [4.78, 5) is 28.9. The predicted molar refractivity (Wildman–Crippen MR) is 130 cm³/mol. The molecule has 0 radical (unpaired) electrons. The molecule has 2 aliphatic rings. The first kappa shape index (κ1) is 21.1. The molecule has 0 atom stereocenters. The van der Waals surface area contributed by atoms with Crippen LogP contribution < -0.4 is 5.32 Å². The van der Waals surface area contributed by atoms with E-state index in [1.54, 1.807) is 17.5 Å². The highest BCUT2D eigenvalue weighted by Crippen LogP contribution is 2.27. The molecule has 6 nitrogen and oxygen atoms in total. The molecule has 1 N–H and O–H groups in total. The molecule has 1 amide bonds. The van der Waals surface area contributed by atoms with Crippen molar-refractivity contribution in [1.82, 2.24) is 19.8 Å². The lowest BCUT2D eigenvalue weighted by Gasteiger charge is -2.36. The van der Waals surface area contributed by atoms with Gasteiger partial charge in [0.2, 0.25) is 5.95 Å². The van der Waals surface area contributed by atoms with Crippen molar-refractivity contribution < 1.29 is 4.79 Å². The van der Waals surface area contributed by atoms with Crippen LogP contribution in [-0.2, 0) is 0 Å². The average molecular weight is 448 g/mol. The molecule has 0 unspecified atom stereocenters. The second kappa shape index (κ2) is 9.38. The number of rotatable bonds is 5. The van der Waals surface area contributed by atoms with Crippen LogP contribution in [0.4, 0.5) is 11.6 Å². The molecule has 2 aliphatic heterocycles. The number of benzene rings is 1. The number of nitrogens with zero attached hydrogens (tertiary/aromatic N) is 4. The Morgan fingerprint density at radius 1 is 1.00 bits per heavy atom. The van der Waals surface area contributed by atoms with Gasteiger partial charge < -0.3 is 15.1 Å². The number of aromatic nitrogens is 2. The second-order valence-electron chi connectivity index (χ2n) is 8.64. The summed E-state index contributed by atoms with van der Waals surface area (Å²) in [5.41, 5.74) is 2.51. The summed E-state index contributed by atoms with van der Waals surface area (Å²) in [7, 11) is 0. The largest absolute Gasteiger partial charge is 0.339 e. The molecular formula is C25H29N5OS. The third-order valence-electron chi connectivity index (χ3n) is 6.45. The molecule has 7 heteroatoms. The molecule has 4 heterocycles. The summed E-state index contributed by atoms with van der Waals surface area (Å²) in [6, 6.07) is 14.4. The van der Waals surface area contributed by atoms with Gasteiger partial charge in [0.25, 0.3) is 5.91 Å². The van der Waals surface area contributed by atoms with Crippen LogP contribution in [0.2, 0.25) is 0 Å². The van der Waals surface area contributed by atoms with Gasteiger partial charge in [-0.1, -0.05) is 0 Å². The first-order chi connectivity index (χ1) is 15.7. The van der Waals surface area contributed by atoms with E-state index >= 15 is 0 Å². The summed E-state index contributed by atoms with van der Waals surface area (Å²) in [6.45, 7) is 6.25. The Hall–Kier alpha value is -2.77. The molecule has 0 aliphatic carbocycles. The van der Waals surface area contributed by atoms with Crippen molar-refractivity contribution in [3.05, 3.63) is 59.1 Å². The summed E-state index contributed by atoms with van der Waals surface area (Å²) in [5.74, 6) is 0.680. The maximum atomic E-state index is 13.0. The predicted octanol–water partition coefficient (Wildman–Crippen LogP) is 4.96. The molecule has 2 fully saturated rings. The summed E-state index contributed by atoms with van der Waals surface area (Å²) >= 11 is 1.72. The Bertz CT molecular complexity index is 1070. The van der Waals surface area contributed by atoms with Crippen molar-refractivity contribution in [3.63, 3.8) is 0 Å². The van der Waals surface area contributed by atoms with E-state index < -0.39 is 0 Å². The average Bonchev–Trinajstić information content (AvgIpc) is 3.52. The monoisotopic (exact) mass is 447 g/mol. The number of carbonyl (C=O) groups excluding carboxylic acids is 1. The first-order valence-corrected chi connectivity index (χ1v) is 12.3. The molecule has 2 aromatic heterocycles. The van der Waals surface area contributed by atoms with E-state index in [9.17, 15) is 4.79 Å². The number of aryl methyl sites for hydroxylation is 1. The van der Waals surface area contributed by atoms with Crippen LogP contribution in [0.3, 0.4) is 0 Å². The third-order valence-corrected chi connectivity index (χ3v) is 7.47. The summed E-state index contributed by atoms with van der Waals surface area (Å²) in [6.07, 6.45) is 6.58. The van der Waals surface area contributed by atoms with Gasteiger partial charge in [-0.3, -0.25) is 4.79 Å². The quantitative estimate of drug-likeness (QED) is 0.599. The Kier molecular flexibility index (Phi) is 6.19. The van der Waals surface area contributed by atoms with E-state index in [1.807, 2.05) is 35.2 Å². The summed E-state index contributed by atoms with van der Waals surface area (Å²) in [5, 5.41) is 3.26. The Balaban J connectivity index is 1.20. The highest BCUT2D eigenvalue weighted by atomic mass is 32.1. The fraction of sp³-hybridized carbons (Fsp3) is 0.400. The standard InChI is InChI=1S/C25H29N5OS/c1-18-4-9-23(32-18)22-10-13-26-25(28-22)27-20-7-5-19(6-8-20)24(31)30-16-11-21(12-17-30)29-14-2-3-15-29/h4-10,13,21H,2-3,11-12,14-17H2,1H3,(H,26,27,28). The van der Waals surface area contributed by atoms with Crippen LogP contribution in [0.25, 0.3) is 10.6 Å². The van der Waals surface area contributed by atoms with Gasteiger partial charge in [-0.2, -0.15) is 0 Å². The SMILES string of the molecule is Cc1ccc(-c2ccnc(Nc3ccc(C(=O)N4CCC(N5CCCC5)CC4)cc3)n2)s1. The zero-order valence-electron chi connectivity index (χ0n) is 18.5. The zero-order chi connectivity index (χ0) is 21.9. The van der Waals surface area contributed by atoms with Crippen molar-refractivity contribution in [1.29, 1.82) is 0 Å². The number of amides is 1. The lowest BCUT2D eigenvalue weighted by Crippen LogP contribution is -2.45. The second-order valence-corrected chi connectivity index (χ2v) is 9.93. The number of piperidine rings is 1. The molecule has 32 heavy (non-hydrogen) atoms. The van der Waals surface area contributed by atoms with E-state index in [2.05, 4.69) is 39.2 Å². The normalized spacial score (nSPS) is 17.6. The number of thiophene rings is 1. The molecular weight excluding hydrogens is 418 g/mol. The van der Waals surface area contributed by atoms with Crippen LogP contribution in [0.5, 0.6) is 0 Å². The van der Waals surface area contributed by atoms with Crippen molar-refractivity contribution in [2.24, 2.45) is 0 Å². The fourth-order valence-electron chi connectivity index (χ4n) is 4.68. The van der Waals surface area contributed by atoms with Gasteiger partial charge >= 0.3 is 0 Å². The Morgan fingerprint density at radius 2 is 1.75 bits per heavy atom. The third kappa shape index (κ3) is 4.69. The maximum absolute atomic E-state index is 13.0. The van der Waals surface area contributed by atoms with Crippen molar-refractivity contribution in [2.45, 2.75) is 38.6 Å². The molecule has 166 valence electrons. The smallest absolute Gasteiger partial charge is 0.253 e. The molecule has 5 rings (SSSR count). The highest BCUT2D eigenvalue weighted by Gasteiger charge is 2.28. The number of hydrogen-bond acceptors (Lipinski definition) is 6. The summed E-state index contributed by atoms with van der Waals surface area (Å²) < 4.78 is 0. The number of hydrogen-bond donors (Lipinski definition) is 1. The van der Waals surface area contributed by atoms with Crippen molar-refractivity contribution >= 4 is 28.9 Å². The van der Waals surface area contributed by atoms with E-state index in [0.29, 0.717) is 12.0 Å². The van der Waals surface area contributed by atoms with E-state index in [0.717, 1.165) is 47.8 Å². The van der Waals surface area contributed by atoms with E-state index in [-0.39, 0.29) is 5.91 Å². The Morgan fingerprint density at radius 3 is 2.44 bits per heavy atom. The highest BCUT2D eigenvalue weighted by molar-refractivity contribution is 7.15. The fourth-order valence-corrected chi connectivity index (χ4v) is 5.51. The minimum atomic E-state index is 0.128. The minimum absolute atomic E-state index is 0.128. The zero-order valence-corrected chi connectivity index (χ0v) is 19.3. The molecule has 2 saturated heterocycles. The van der Waals surface area contributed by atoms with E-state index in [1.165, 1.54) is 30.8 Å². The van der Waals surface area contributed by atoms with Gasteiger partial charge in [-0.25, -0.2) is 9.97 Å². The van der Waals surface area contributed by atoms with Gasteiger partial charge in [-0.15, -0.1) is 11.3 Å². The molecule has 1 aromatic carbocycles. The minimum Gasteiger partial charge on any atom is -0.339 e. The number of likely N-dealkylation sites (tertiary alicyclic amines) is 2. The van der Waals surface area contributed by atoms with Gasteiger partial charge in [-0.05, 0) is 88.2 Å². The first-order valence-electron chi connectivity index (χ1n) is 11.5. The van der Waals surface area contributed by atoms with Crippen LogP contribution in [0, 0.1) is 6.92 Å². The van der Waals surface area contributed by atoms with Gasteiger partial charge in [0.15, 0.2) is 0 Å². The van der Waals surface area contributed by atoms with E-state index in [4.69, 9.17) is 0 Å². The topological polar surface area (TPSA) is 61.4 Å². The van der Waals surface area contributed by atoms with Gasteiger partial charge in [0.05, 0.1) is 10.6 Å². The van der Waals surface area contributed by atoms with Crippen LogP contribution >= 0.6 is 11.3 Å². The number of carbonyl (C=O) groups is 1. The molecule has 3 aromatic rings. The maximum Gasteiger partial charge on any atom is 0.253 e. The molecule has 0 bridgehead atoms. The molecule has 0 spiro atoms. The van der Waals surface area contributed by atoms with Crippen molar-refractivity contribution in [2.75, 3.05) is 31.5 Å². The van der Waals surface area contributed by atoms with Crippen LogP contribution in [0.15, 0.2) is 48.7 Å². The van der Waals surface area contributed by atoms with Crippen LogP contribution in [-0.4, -0.2) is 57.9 Å². The van der Waals surface area contributed by atoms with Gasteiger partial charge in [0, 0.05) is 41.5 Å². The van der Waals surface area contributed by atoms with Crippen LogP contribution in [0.1, 0.15) is 40.9 Å². The number of anilines is 2.